The molecule has 0 bridgehead atoms. The lowest BCUT2D eigenvalue weighted by atomic mass is 9.79. The van der Waals surface area contributed by atoms with Crippen molar-refractivity contribution >= 4 is 5.91 Å². The van der Waals surface area contributed by atoms with Crippen LogP contribution < -0.4 is 14.8 Å². The molecule has 33 heavy (non-hydrogen) atoms. The number of ether oxygens (including phenoxy) is 2. The van der Waals surface area contributed by atoms with Gasteiger partial charge in [0.15, 0.2) is 17.1 Å². The summed E-state index contributed by atoms with van der Waals surface area (Å²) in [7, 11) is 0. The van der Waals surface area contributed by atoms with Crippen molar-refractivity contribution in [1.29, 1.82) is 0 Å². The van der Waals surface area contributed by atoms with E-state index in [4.69, 9.17) is 9.47 Å². The molecule has 0 radical (unpaired) electrons. The maximum absolute atomic E-state index is 13.5. The molecule has 2 aromatic carbocycles. The fourth-order valence-corrected chi connectivity index (χ4v) is 6.32. The third kappa shape index (κ3) is 3.51. The number of likely N-dealkylation sites (tertiary alicyclic amines) is 1. The first kappa shape index (κ1) is 21.0. The van der Waals surface area contributed by atoms with Crippen molar-refractivity contribution in [3.05, 3.63) is 59.7 Å². The highest BCUT2D eigenvalue weighted by Crippen LogP contribution is 2.49. The number of fused-ring (bicyclic) bond motifs is 2. The highest BCUT2D eigenvalue weighted by Gasteiger charge is 2.59. The van der Waals surface area contributed by atoms with E-state index in [0.29, 0.717) is 18.6 Å². The van der Waals surface area contributed by atoms with Crippen LogP contribution in [0.2, 0.25) is 0 Å². The molecule has 3 fully saturated rings. The van der Waals surface area contributed by atoms with Gasteiger partial charge < -0.3 is 19.9 Å². The Balaban J connectivity index is 1.11. The average Bonchev–Trinajstić information content (AvgIpc) is 3.40. The van der Waals surface area contributed by atoms with Crippen molar-refractivity contribution in [2.75, 3.05) is 19.9 Å². The zero-order valence-corrected chi connectivity index (χ0v) is 19.1. The van der Waals surface area contributed by atoms with E-state index in [0.717, 1.165) is 55.8 Å². The zero-order valence-electron chi connectivity index (χ0n) is 19.1. The van der Waals surface area contributed by atoms with Gasteiger partial charge in [-0.15, -0.1) is 0 Å². The molecule has 1 saturated heterocycles. The number of carbonyl (C=O) groups excluding carboxylic acids is 1. The van der Waals surface area contributed by atoms with Crippen LogP contribution in [-0.4, -0.2) is 41.8 Å². The van der Waals surface area contributed by atoms with Gasteiger partial charge in [0.2, 0.25) is 6.79 Å². The van der Waals surface area contributed by atoms with E-state index in [1.54, 1.807) is 0 Å². The Morgan fingerprint density at radius 3 is 2.48 bits per heavy atom. The number of hydrogen-bond donors (Lipinski definition) is 2. The molecule has 2 aliphatic heterocycles. The number of hydrogen-bond acceptors (Lipinski definition) is 5. The van der Waals surface area contributed by atoms with Crippen LogP contribution in [0.4, 0.5) is 0 Å². The van der Waals surface area contributed by atoms with Crippen LogP contribution in [0.1, 0.15) is 49.8 Å². The number of aliphatic hydroxyl groups is 1. The van der Waals surface area contributed by atoms with Gasteiger partial charge in [0, 0.05) is 31.1 Å². The number of nitrogens with zero attached hydrogens (tertiary/aromatic N) is 1. The fourth-order valence-electron chi connectivity index (χ4n) is 6.32. The molecule has 2 aliphatic carbocycles. The van der Waals surface area contributed by atoms with Crippen LogP contribution >= 0.6 is 0 Å². The highest BCUT2D eigenvalue weighted by molar-refractivity contribution is 5.87. The third-order valence-corrected chi connectivity index (χ3v) is 8.45. The minimum absolute atomic E-state index is 0.0129. The maximum Gasteiger partial charge on any atom is 0.257 e. The molecule has 2 aromatic rings. The molecule has 2 N–H and O–H groups in total. The standard InChI is InChI=1S/C27H32N2O4/c1-17(18-11-12-23-24(13-18)33-16-32-23)29-14-21-22(15-29)25(21)28-26(30)27(31,20-9-5-6-10-20)19-7-3-2-4-8-19/h2-4,7-8,11-13,17,20-22,25,31H,5-6,9-10,14-16H2,1H3,(H,28,30). The Bertz CT molecular complexity index is 1030. The molecule has 0 aromatic heterocycles. The molecule has 4 atom stereocenters. The summed E-state index contributed by atoms with van der Waals surface area (Å²) >= 11 is 0. The van der Waals surface area contributed by atoms with E-state index in [-0.39, 0.29) is 23.9 Å². The van der Waals surface area contributed by atoms with Crippen molar-refractivity contribution < 1.29 is 19.4 Å². The summed E-state index contributed by atoms with van der Waals surface area (Å²) in [6.45, 7) is 4.43. The lowest BCUT2D eigenvalue weighted by Crippen LogP contribution is -2.51. The summed E-state index contributed by atoms with van der Waals surface area (Å²) in [6.07, 6.45) is 3.96. The SMILES string of the molecule is CC(c1ccc2c(c1)OCO2)N1CC2C(C1)C2NC(=O)C(O)(c1ccccc1)C1CCCC1. The summed E-state index contributed by atoms with van der Waals surface area (Å²) in [5.41, 5.74) is 0.507. The van der Waals surface area contributed by atoms with E-state index in [2.05, 4.69) is 29.3 Å². The number of piperidine rings is 1. The van der Waals surface area contributed by atoms with Crippen molar-refractivity contribution in [2.24, 2.45) is 17.8 Å². The number of carbonyl (C=O) groups is 1. The summed E-state index contributed by atoms with van der Waals surface area (Å²) in [4.78, 5) is 16.0. The second-order valence-electron chi connectivity index (χ2n) is 10.2. The van der Waals surface area contributed by atoms with Gasteiger partial charge in [0.05, 0.1) is 0 Å². The van der Waals surface area contributed by atoms with Crippen molar-refractivity contribution in [3.8, 4) is 11.5 Å². The number of amides is 1. The quantitative estimate of drug-likeness (QED) is 0.707. The van der Waals surface area contributed by atoms with Crippen LogP contribution in [-0.2, 0) is 10.4 Å². The van der Waals surface area contributed by atoms with Gasteiger partial charge in [-0.2, -0.15) is 0 Å². The average molecular weight is 449 g/mol. The van der Waals surface area contributed by atoms with E-state index in [1.807, 2.05) is 36.4 Å². The van der Waals surface area contributed by atoms with Crippen LogP contribution in [0.15, 0.2) is 48.5 Å². The molecule has 6 heteroatoms. The van der Waals surface area contributed by atoms with Crippen LogP contribution in [0.25, 0.3) is 0 Å². The Hall–Kier alpha value is -2.57. The van der Waals surface area contributed by atoms with Gasteiger partial charge in [0.1, 0.15) is 0 Å². The van der Waals surface area contributed by atoms with E-state index in [9.17, 15) is 9.90 Å². The Morgan fingerprint density at radius 1 is 1.06 bits per heavy atom. The van der Waals surface area contributed by atoms with Crippen molar-refractivity contribution in [2.45, 2.75) is 50.3 Å². The molecule has 174 valence electrons. The van der Waals surface area contributed by atoms with Gasteiger partial charge in [-0.05, 0) is 54.9 Å². The lowest BCUT2D eigenvalue weighted by Gasteiger charge is -2.34. The largest absolute Gasteiger partial charge is 0.454 e. The molecule has 6 nitrogen and oxygen atoms in total. The van der Waals surface area contributed by atoms with Crippen molar-refractivity contribution in [3.63, 3.8) is 0 Å². The summed E-state index contributed by atoms with van der Waals surface area (Å²) in [5, 5.41) is 15.0. The van der Waals surface area contributed by atoms with Gasteiger partial charge >= 0.3 is 0 Å². The predicted octanol–water partition coefficient (Wildman–Crippen LogP) is 3.60. The number of rotatable bonds is 6. The molecule has 4 aliphatic rings. The third-order valence-electron chi connectivity index (χ3n) is 8.45. The minimum Gasteiger partial charge on any atom is -0.454 e. The molecule has 0 spiro atoms. The van der Waals surface area contributed by atoms with Gasteiger partial charge in [0.25, 0.3) is 5.91 Å². The van der Waals surface area contributed by atoms with Crippen LogP contribution in [0.3, 0.4) is 0 Å². The maximum atomic E-state index is 13.5. The molecular formula is C27H32N2O4. The highest BCUT2D eigenvalue weighted by atomic mass is 16.7. The Morgan fingerprint density at radius 2 is 1.76 bits per heavy atom. The minimum atomic E-state index is -1.44. The normalized spacial score (nSPS) is 28.8. The van der Waals surface area contributed by atoms with E-state index >= 15 is 0 Å². The van der Waals surface area contributed by atoms with Gasteiger partial charge in [-0.1, -0.05) is 49.2 Å². The summed E-state index contributed by atoms with van der Waals surface area (Å²) < 4.78 is 11.0. The van der Waals surface area contributed by atoms with Gasteiger partial charge in [-0.3, -0.25) is 9.69 Å². The smallest absolute Gasteiger partial charge is 0.257 e. The number of benzene rings is 2. The predicted molar refractivity (Wildman–Crippen MR) is 124 cm³/mol. The molecule has 2 heterocycles. The molecule has 6 rings (SSSR count). The molecule has 1 amide bonds. The Kier molecular flexibility index (Phi) is 5.11. The second kappa shape index (κ2) is 8.03. The van der Waals surface area contributed by atoms with Crippen LogP contribution in [0.5, 0.6) is 11.5 Å². The summed E-state index contributed by atoms with van der Waals surface area (Å²) in [5.74, 6) is 2.31. The molecule has 2 saturated carbocycles. The van der Waals surface area contributed by atoms with Crippen molar-refractivity contribution in [1.82, 2.24) is 10.2 Å². The first-order chi connectivity index (χ1) is 16.1. The second-order valence-corrected chi connectivity index (χ2v) is 10.2. The molecular weight excluding hydrogens is 416 g/mol. The first-order valence-corrected chi connectivity index (χ1v) is 12.3. The molecule has 4 unspecified atom stereocenters. The van der Waals surface area contributed by atoms with Crippen LogP contribution in [0, 0.1) is 17.8 Å². The Labute approximate surface area is 194 Å². The monoisotopic (exact) mass is 448 g/mol. The first-order valence-electron chi connectivity index (χ1n) is 12.3. The topological polar surface area (TPSA) is 71.0 Å². The van der Waals surface area contributed by atoms with E-state index in [1.165, 1.54) is 5.56 Å². The van der Waals surface area contributed by atoms with Gasteiger partial charge in [-0.25, -0.2) is 0 Å². The van der Waals surface area contributed by atoms with E-state index < -0.39 is 5.60 Å². The fraction of sp³-hybridized carbons (Fsp3) is 0.519. The zero-order chi connectivity index (χ0) is 22.6. The summed E-state index contributed by atoms with van der Waals surface area (Å²) in [6, 6.07) is 16.1. The number of nitrogens with one attached hydrogen (secondary N) is 1. The lowest BCUT2D eigenvalue weighted by molar-refractivity contribution is -0.147.